The second-order valence-corrected chi connectivity index (χ2v) is 5.53. The van der Waals surface area contributed by atoms with E-state index in [1.165, 1.54) is 25.7 Å². The maximum Gasteiger partial charge on any atom is 0.303 e. The molecule has 1 fully saturated rings. The molecule has 1 aliphatic carbocycles. The number of carbonyl (C=O) groups is 1. The van der Waals surface area contributed by atoms with Gasteiger partial charge in [0.25, 0.3) is 0 Å². The van der Waals surface area contributed by atoms with Gasteiger partial charge in [-0.05, 0) is 18.9 Å². The molecular formula is C14H19N5O2. The van der Waals surface area contributed by atoms with Gasteiger partial charge in [0.2, 0.25) is 0 Å². The molecule has 0 atom stereocenters. The zero-order valence-electron chi connectivity index (χ0n) is 11.9. The smallest absolute Gasteiger partial charge is 0.303 e. The first kappa shape index (κ1) is 13.8. The largest absolute Gasteiger partial charge is 0.481 e. The third kappa shape index (κ3) is 3.48. The van der Waals surface area contributed by atoms with Crippen molar-refractivity contribution in [1.82, 2.24) is 24.8 Å². The van der Waals surface area contributed by atoms with Gasteiger partial charge in [-0.1, -0.05) is 18.1 Å². The fraction of sp³-hybridized carbons (Fsp3) is 0.571. The van der Waals surface area contributed by atoms with Crippen LogP contribution in [0, 0.1) is 0 Å². The fourth-order valence-electron chi connectivity index (χ4n) is 2.77. The van der Waals surface area contributed by atoms with E-state index < -0.39 is 5.97 Å². The molecule has 21 heavy (non-hydrogen) atoms. The second-order valence-electron chi connectivity index (χ2n) is 5.53. The van der Waals surface area contributed by atoms with Crippen LogP contribution in [0.3, 0.4) is 0 Å². The van der Waals surface area contributed by atoms with E-state index in [0.717, 1.165) is 5.69 Å². The molecule has 2 heterocycles. The molecule has 2 aromatic rings. The van der Waals surface area contributed by atoms with E-state index in [9.17, 15) is 4.79 Å². The number of aromatic nitrogens is 5. The quantitative estimate of drug-likeness (QED) is 0.874. The van der Waals surface area contributed by atoms with Crippen LogP contribution in [-0.4, -0.2) is 35.9 Å². The number of rotatable bonds is 6. The number of hydrogen-bond acceptors (Lipinski definition) is 4. The van der Waals surface area contributed by atoms with Gasteiger partial charge in [0, 0.05) is 18.8 Å². The summed E-state index contributed by atoms with van der Waals surface area (Å²) in [6, 6.07) is 2.55. The minimum Gasteiger partial charge on any atom is -0.481 e. The Bertz CT molecular complexity index is 612. The van der Waals surface area contributed by atoms with Crippen LogP contribution in [-0.2, 0) is 17.8 Å². The Morgan fingerprint density at radius 1 is 1.33 bits per heavy atom. The Labute approximate surface area is 122 Å². The molecule has 0 radical (unpaired) electrons. The maximum atomic E-state index is 10.5. The summed E-state index contributed by atoms with van der Waals surface area (Å²) in [6.45, 7) is 0.569. The Hall–Kier alpha value is -2.18. The highest BCUT2D eigenvalue weighted by Crippen LogP contribution is 2.28. The number of hydrogen-bond donors (Lipinski definition) is 1. The van der Waals surface area contributed by atoms with Gasteiger partial charge in [-0.25, -0.2) is 4.68 Å². The van der Waals surface area contributed by atoms with Gasteiger partial charge < -0.3 is 5.11 Å². The van der Waals surface area contributed by atoms with Crippen LogP contribution in [0.2, 0.25) is 0 Å². The lowest BCUT2D eigenvalue weighted by Gasteiger charge is -2.08. The monoisotopic (exact) mass is 289 g/mol. The number of nitrogens with zero attached hydrogens (tertiary/aromatic N) is 5. The summed E-state index contributed by atoms with van der Waals surface area (Å²) in [5, 5.41) is 21.3. The number of carboxylic acids is 1. The third-order valence-electron chi connectivity index (χ3n) is 3.87. The van der Waals surface area contributed by atoms with Gasteiger partial charge in [0.05, 0.1) is 30.4 Å². The Balaban J connectivity index is 1.60. The van der Waals surface area contributed by atoms with Crippen molar-refractivity contribution in [2.24, 2.45) is 0 Å². The molecule has 3 rings (SSSR count). The summed E-state index contributed by atoms with van der Waals surface area (Å²) < 4.78 is 3.77. The molecule has 0 spiro atoms. The molecule has 0 aliphatic heterocycles. The van der Waals surface area contributed by atoms with E-state index in [1.807, 2.05) is 12.3 Å². The zero-order chi connectivity index (χ0) is 14.7. The van der Waals surface area contributed by atoms with Gasteiger partial charge in [-0.15, -0.1) is 5.10 Å². The van der Waals surface area contributed by atoms with Gasteiger partial charge in [0.1, 0.15) is 0 Å². The Kier molecular flexibility index (Phi) is 3.98. The SMILES string of the molecule is O=C(O)CCc1cn(Cc2ccn(C3CCCC3)n2)nn1. The van der Waals surface area contributed by atoms with Crippen molar-refractivity contribution in [3.05, 3.63) is 29.8 Å². The highest BCUT2D eigenvalue weighted by Gasteiger charge is 2.17. The van der Waals surface area contributed by atoms with Crippen molar-refractivity contribution in [3.63, 3.8) is 0 Å². The molecule has 112 valence electrons. The zero-order valence-corrected chi connectivity index (χ0v) is 11.9. The van der Waals surface area contributed by atoms with E-state index in [0.29, 0.717) is 24.7 Å². The van der Waals surface area contributed by atoms with Crippen LogP contribution >= 0.6 is 0 Å². The summed E-state index contributed by atoms with van der Waals surface area (Å²) in [5.74, 6) is -0.820. The maximum absolute atomic E-state index is 10.5. The Morgan fingerprint density at radius 2 is 2.14 bits per heavy atom. The van der Waals surface area contributed by atoms with E-state index in [4.69, 9.17) is 5.11 Å². The van der Waals surface area contributed by atoms with Crippen molar-refractivity contribution >= 4 is 5.97 Å². The minimum absolute atomic E-state index is 0.0784. The van der Waals surface area contributed by atoms with E-state index in [1.54, 1.807) is 10.9 Å². The number of carboxylic acid groups (broad SMARTS) is 1. The molecule has 0 aromatic carbocycles. The average Bonchev–Trinajstić information content (AvgIpc) is 3.18. The van der Waals surface area contributed by atoms with Gasteiger partial charge in [0.15, 0.2) is 0 Å². The van der Waals surface area contributed by atoms with Crippen LogP contribution in [0.15, 0.2) is 18.5 Å². The van der Waals surface area contributed by atoms with Crippen molar-refractivity contribution in [2.75, 3.05) is 0 Å². The number of aryl methyl sites for hydroxylation is 1. The van der Waals surface area contributed by atoms with E-state index in [2.05, 4.69) is 20.1 Å². The van der Waals surface area contributed by atoms with Crippen LogP contribution < -0.4 is 0 Å². The second kappa shape index (κ2) is 6.07. The van der Waals surface area contributed by atoms with Crippen molar-refractivity contribution in [1.29, 1.82) is 0 Å². The molecule has 1 aliphatic rings. The summed E-state index contributed by atoms with van der Waals surface area (Å²) in [6.07, 6.45) is 9.31. The molecule has 0 saturated heterocycles. The molecule has 0 amide bonds. The minimum atomic E-state index is -0.820. The molecule has 1 saturated carbocycles. The first-order chi connectivity index (χ1) is 10.2. The highest BCUT2D eigenvalue weighted by molar-refractivity contribution is 5.66. The third-order valence-corrected chi connectivity index (χ3v) is 3.87. The molecule has 7 heteroatoms. The lowest BCUT2D eigenvalue weighted by Crippen LogP contribution is -2.07. The topological polar surface area (TPSA) is 85.8 Å². The molecule has 7 nitrogen and oxygen atoms in total. The van der Waals surface area contributed by atoms with Crippen LogP contribution in [0.25, 0.3) is 0 Å². The van der Waals surface area contributed by atoms with Crippen LogP contribution in [0.1, 0.15) is 49.5 Å². The van der Waals surface area contributed by atoms with Gasteiger partial charge >= 0.3 is 5.97 Å². The van der Waals surface area contributed by atoms with Crippen molar-refractivity contribution in [3.8, 4) is 0 Å². The molecule has 0 bridgehead atoms. The van der Waals surface area contributed by atoms with E-state index >= 15 is 0 Å². The highest BCUT2D eigenvalue weighted by atomic mass is 16.4. The predicted octanol–water partition coefficient (Wildman–Crippen LogP) is 1.66. The van der Waals surface area contributed by atoms with E-state index in [-0.39, 0.29) is 6.42 Å². The molecular weight excluding hydrogens is 270 g/mol. The lowest BCUT2D eigenvalue weighted by molar-refractivity contribution is -0.136. The van der Waals surface area contributed by atoms with Crippen LogP contribution in [0.5, 0.6) is 0 Å². The molecule has 2 aromatic heterocycles. The van der Waals surface area contributed by atoms with Gasteiger partial charge in [-0.3, -0.25) is 9.48 Å². The normalized spacial score (nSPS) is 15.6. The van der Waals surface area contributed by atoms with Crippen LogP contribution in [0.4, 0.5) is 0 Å². The first-order valence-electron chi connectivity index (χ1n) is 7.35. The average molecular weight is 289 g/mol. The molecule has 1 N–H and O–H groups in total. The summed E-state index contributed by atoms with van der Waals surface area (Å²) in [5.41, 5.74) is 1.66. The summed E-state index contributed by atoms with van der Waals surface area (Å²) in [7, 11) is 0. The fourth-order valence-corrected chi connectivity index (χ4v) is 2.77. The first-order valence-corrected chi connectivity index (χ1v) is 7.35. The lowest BCUT2D eigenvalue weighted by atomic mass is 10.2. The van der Waals surface area contributed by atoms with Crippen molar-refractivity contribution < 1.29 is 9.90 Å². The summed E-state index contributed by atoms with van der Waals surface area (Å²) in [4.78, 5) is 10.5. The summed E-state index contributed by atoms with van der Waals surface area (Å²) >= 11 is 0. The number of aliphatic carboxylic acids is 1. The van der Waals surface area contributed by atoms with Crippen molar-refractivity contribution in [2.45, 2.75) is 51.1 Å². The van der Waals surface area contributed by atoms with Gasteiger partial charge in [-0.2, -0.15) is 5.10 Å². The Morgan fingerprint density at radius 3 is 2.90 bits per heavy atom. The molecule has 0 unspecified atom stereocenters. The standard InChI is InChI=1S/C14H19N5O2/c20-14(21)6-5-11-9-18(17-15-11)10-12-7-8-19(16-12)13-3-1-2-4-13/h7-9,13H,1-6,10H2,(H,20,21). The predicted molar refractivity (Wildman–Crippen MR) is 74.8 cm³/mol.